The summed E-state index contributed by atoms with van der Waals surface area (Å²) in [6, 6.07) is 0. The summed E-state index contributed by atoms with van der Waals surface area (Å²) in [5.41, 5.74) is 0.105. The summed E-state index contributed by atoms with van der Waals surface area (Å²) in [5, 5.41) is 15.6. The number of carbonyl (C=O) groups is 2. The van der Waals surface area contributed by atoms with E-state index in [-0.39, 0.29) is 24.2 Å². The Morgan fingerprint density at radius 3 is 2.91 bits per heavy atom. The van der Waals surface area contributed by atoms with Gasteiger partial charge in [0, 0.05) is 20.0 Å². The van der Waals surface area contributed by atoms with Crippen LogP contribution >= 0.6 is 0 Å². The lowest BCUT2D eigenvalue weighted by molar-refractivity contribution is -0.130. The minimum absolute atomic E-state index is 0.0477. The molecule has 0 aromatic carbocycles. The number of carbonyl (C=O) groups excluding carboxylic acids is 2. The van der Waals surface area contributed by atoms with Gasteiger partial charge in [0.2, 0.25) is 11.8 Å². The lowest BCUT2D eigenvalue weighted by Crippen LogP contribution is -2.42. The monoisotopic (exact) mass is 320 g/mol. The van der Waals surface area contributed by atoms with E-state index in [0.717, 1.165) is 30.8 Å². The Balaban J connectivity index is 1.58. The van der Waals surface area contributed by atoms with Gasteiger partial charge in [-0.15, -0.1) is 0 Å². The second kappa shape index (κ2) is 6.31. The first-order chi connectivity index (χ1) is 11.0. The molecule has 1 aliphatic heterocycles. The van der Waals surface area contributed by atoms with E-state index in [4.69, 9.17) is 0 Å². The number of rotatable bonds is 5. The number of aryl methyl sites for hydroxylation is 1. The predicted molar refractivity (Wildman–Crippen MR) is 83.4 cm³/mol. The van der Waals surface area contributed by atoms with Gasteiger partial charge in [0.05, 0.1) is 36.4 Å². The van der Waals surface area contributed by atoms with Gasteiger partial charge in [-0.25, -0.2) is 4.98 Å². The first-order valence-electron chi connectivity index (χ1n) is 8.25. The molecule has 3 N–H and O–H groups in total. The third-order valence-electron chi connectivity index (χ3n) is 5.00. The Labute approximate surface area is 135 Å². The molecule has 2 aliphatic rings. The van der Waals surface area contributed by atoms with E-state index in [1.807, 2.05) is 4.57 Å². The summed E-state index contributed by atoms with van der Waals surface area (Å²) >= 11 is 0. The highest BCUT2D eigenvalue weighted by molar-refractivity contribution is 5.78. The molecule has 1 saturated carbocycles. The molecule has 7 nitrogen and oxygen atoms in total. The molecule has 7 heteroatoms. The minimum atomic E-state index is -0.800. The maximum atomic E-state index is 12.0. The number of amides is 2. The van der Waals surface area contributed by atoms with Crippen LogP contribution in [0, 0.1) is 5.92 Å². The summed E-state index contributed by atoms with van der Waals surface area (Å²) < 4.78 is 2.03. The molecule has 0 radical (unpaired) electrons. The van der Waals surface area contributed by atoms with Gasteiger partial charge in [-0.05, 0) is 25.7 Å². The zero-order chi connectivity index (χ0) is 16.4. The first kappa shape index (κ1) is 16.0. The lowest BCUT2D eigenvalue weighted by atomic mass is 9.78. The van der Waals surface area contributed by atoms with Gasteiger partial charge in [-0.2, -0.15) is 0 Å². The van der Waals surface area contributed by atoms with Gasteiger partial charge in [0.25, 0.3) is 0 Å². The number of imidazole rings is 1. The number of hydrogen-bond acceptors (Lipinski definition) is 4. The molecule has 3 rings (SSSR count). The van der Waals surface area contributed by atoms with Crippen LogP contribution in [0.4, 0.5) is 0 Å². The number of aromatic nitrogens is 2. The summed E-state index contributed by atoms with van der Waals surface area (Å²) in [6.07, 6.45) is 5.89. The highest BCUT2D eigenvalue weighted by Gasteiger charge is 2.36. The Morgan fingerprint density at radius 1 is 1.48 bits per heavy atom. The van der Waals surface area contributed by atoms with Crippen LogP contribution in [0.5, 0.6) is 0 Å². The van der Waals surface area contributed by atoms with Crippen LogP contribution in [0.15, 0.2) is 6.20 Å². The number of fused-ring (bicyclic) bond motifs is 1. The normalized spacial score (nSPS) is 21.9. The van der Waals surface area contributed by atoms with Gasteiger partial charge in [0.1, 0.15) is 5.82 Å². The Hall–Kier alpha value is -1.89. The molecule has 0 saturated heterocycles. The molecule has 0 bridgehead atoms. The minimum Gasteiger partial charge on any atom is -0.389 e. The smallest absolute Gasteiger partial charge is 0.224 e. The number of hydrogen-bond donors (Lipinski definition) is 3. The van der Waals surface area contributed by atoms with Crippen molar-refractivity contribution in [3.05, 3.63) is 17.7 Å². The SMILES string of the molecule is CNC(=O)C1CCc2ncc(CNC(=O)CC3(O)CCC3)n2C1. The Bertz CT molecular complexity index is 606. The van der Waals surface area contributed by atoms with Crippen molar-refractivity contribution in [3.63, 3.8) is 0 Å². The molecule has 1 atom stereocenters. The molecule has 1 aromatic heterocycles. The average Bonchev–Trinajstić information content (AvgIpc) is 2.92. The number of nitrogens with one attached hydrogen (secondary N) is 2. The maximum Gasteiger partial charge on any atom is 0.224 e. The van der Waals surface area contributed by atoms with Crippen molar-refractivity contribution in [1.29, 1.82) is 0 Å². The van der Waals surface area contributed by atoms with Gasteiger partial charge in [0.15, 0.2) is 0 Å². The van der Waals surface area contributed by atoms with Crippen LogP contribution in [-0.4, -0.2) is 39.1 Å². The number of aliphatic hydroxyl groups is 1. The fourth-order valence-corrected chi connectivity index (χ4v) is 3.36. The van der Waals surface area contributed by atoms with Crippen molar-refractivity contribution in [2.45, 2.75) is 57.2 Å². The topological polar surface area (TPSA) is 96.2 Å². The molecule has 1 aromatic rings. The second-order valence-electron chi connectivity index (χ2n) is 6.66. The molecule has 126 valence electrons. The van der Waals surface area contributed by atoms with Crippen molar-refractivity contribution in [1.82, 2.24) is 20.2 Å². The van der Waals surface area contributed by atoms with Gasteiger partial charge in [-0.1, -0.05) is 0 Å². The second-order valence-corrected chi connectivity index (χ2v) is 6.66. The highest BCUT2D eigenvalue weighted by Crippen LogP contribution is 2.34. The Kier molecular flexibility index (Phi) is 4.39. The predicted octanol–water partition coefficient (Wildman–Crippen LogP) is 0.113. The number of nitrogens with zero attached hydrogens (tertiary/aromatic N) is 2. The van der Waals surface area contributed by atoms with Crippen LogP contribution in [0.2, 0.25) is 0 Å². The molecule has 0 spiro atoms. The zero-order valence-electron chi connectivity index (χ0n) is 13.5. The molecule has 2 amide bonds. The zero-order valence-corrected chi connectivity index (χ0v) is 13.5. The molecular weight excluding hydrogens is 296 g/mol. The molecular formula is C16H24N4O3. The van der Waals surface area contributed by atoms with E-state index in [9.17, 15) is 14.7 Å². The van der Waals surface area contributed by atoms with Gasteiger partial charge < -0.3 is 20.3 Å². The summed E-state index contributed by atoms with van der Waals surface area (Å²) in [6.45, 7) is 0.979. The van der Waals surface area contributed by atoms with Crippen molar-refractivity contribution < 1.29 is 14.7 Å². The van der Waals surface area contributed by atoms with Crippen molar-refractivity contribution >= 4 is 11.8 Å². The van der Waals surface area contributed by atoms with E-state index >= 15 is 0 Å². The molecule has 1 aliphatic carbocycles. The van der Waals surface area contributed by atoms with E-state index in [1.165, 1.54) is 0 Å². The lowest BCUT2D eigenvalue weighted by Gasteiger charge is -2.35. The average molecular weight is 320 g/mol. The van der Waals surface area contributed by atoms with E-state index in [2.05, 4.69) is 15.6 Å². The largest absolute Gasteiger partial charge is 0.389 e. The Morgan fingerprint density at radius 2 is 2.26 bits per heavy atom. The third-order valence-corrected chi connectivity index (χ3v) is 5.00. The molecule has 2 heterocycles. The van der Waals surface area contributed by atoms with Crippen LogP contribution in [0.1, 0.15) is 43.6 Å². The summed E-state index contributed by atoms with van der Waals surface area (Å²) in [7, 11) is 1.65. The van der Waals surface area contributed by atoms with Crippen LogP contribution < -0.4 is 10.6 Å². The third kappa shape index (κ3) is 3.39. The molecule has 23 heavy (non-hydrogen) atoms. The van der Waals surface area contributed by atoms with Gasteiger partial charge >= 0.3 is 0 Å². The summed E-state index contributed by atoms with van der Waals surface area (Å²) in [5.74, 6) is 0.826. The van der Waals surface area contributed by atoms with Crippen molar-refractivity contribution in [2.75, 3.05) is 7.05 Å². The van der Waals surface area contributed by atoms with Crippen molar-refractivity contribution in [3.8, 4) is 0 Å². The van der Waals surface area contributed by atoms with E-state index < -0.39 is 5.60 Å². The fraction of sp³-hybridized carbons (Fsp3) is 0.688. The maximum absolute atomic E-state index is 12.0. The molecule has 1 fully saturated rings. The van der Waals surface area contributed by atoms with Crippen LogP contribution in [-0.2, 0) is 29.1 Å². The molecule has 1 unspecified atom stereocenters. The standard InChI is InChI=1S/C16H24N4O3/c1-17-15(22)11-3-4-13-18-8-12(20(13)10-11)9-19-14(21)7-16(23)5-2-6-16/h8,11,23H,2-7,9-10H2,1H3,(H,17,22)(H,19,21). The van der Waals surface area contributed by atoms with Crippen molar-refractivity contribution in [2.24, 2.45) is 5.92 Å². The highest BCUT2D eigenvalue weighted by atomic mass is 16.3. The van der Waals surface area contributed by atoms with Crippen LogP contribution in [0.25, 0.3) is 0 Å². The van der Waals surface area contributed by atoms with Gasteiger partial charge in [-0.3, -0.25) is 9.59 Å². The first-order valence-corrected chi connectivity index (χ1v) is 8.25. The fourth-order valence-electron chi connectivity index (χ4n) is 3.36. The van der Waals surface area contributed by atoms with E-state index in [1.54, 1.807) is 13.2 Å². The quantitative estimate of drug-likeness (QED) is 0.717. The summed E-state index contributed by atoms with van der Waals surface area (Å²) in [4.78, 5) is 28.2. The van der Waals surface area contributed by atoms with Crippen LogP contribution in [0.3, 0.4) is 0 Å². The van der Waals surface area contributed by atoms with E-state index in [0.29, 0.717) is 25.9 Å².